The van der Waals surface area contributed by atoms with Gasteiger partial charge in [0.2, 0.25) is 5.90 Å². The zero-order valence-electron chi connectivity index (χ0n) is 16.8. The fourth-order valence-corrected chi connectivity index (χ4v) is 3.72. The third kappa shape index (κ3) is 4.94. The van der Waals surface area contributed by atoms with Crippen LogP contribution >= 0.6 is 34.2 Å². The van der Waals surface area contributed by atoms with Crippen LogP contribution in [0.2, 0.25) is 5.02 Å². The molecule has 0 spiro atoms. The van der Waals surface area contributed by atoms with Crippen LogP contribution in [0.5, 0.6) is 11.5 Å². The zero-order chi connectivity index (χ0) is 22.7. The predicted molar refractivity (Wildman–Crippen MR) is 129 cm³/mol. The average Bonchev–Trinajstić information content (AvgIpc) is 3.15. The van der Waals surface area contributed by atoms with Gasteiger partial charge in [-0.3, -0.25) is 0 Å². The first-order chi connectivity index (χ1) is 15.4. The number of para-hydroxylation sites is 1. The Kier molecular flexibility index (Phi) is 6.76. The van der Waals surface area contributed by atoms with Crippen molar-refractivity contribution in [2.24, 2.45) is 4.99 Å². The van der Waals surface area contributed by atoms with E-state index in [2.05, 4.69) is 27.6 Å². The number of benzene rings is 3. The molecule has 0 aliphatic carbocycles. The quantitative estimate of drug-likeness (QED) is 0.209. The summed E-state index contributed by atoms with van der Waals surface area (Å²) in [5.74, 6) is 0.134. The highest BCUT2D eigenvalue weighted by Gasteiger charge is 2.26. The number of methoxy groups -OCH3 is 1. The summed E-state index contributed by atoms with van der Waals surface area (Å²) in [7, 11) is 1.52. The van der Waals surface area contributed by atoms with Crippen LogP contribution in [0.4, 0.5) is 4.39 Å². The van der Waals surface area contributed by atoms with E-state index in [0.717, 1.165) is 9.13 Å². The van der Waals surface area contributed by atoms with Crippen LogP contribution in [0.1, 0.15) is 16.7 Å². The summed E-state index contributed by atoms with van der Waals surface area (Å²) in [5, 5.41) is 0.433. The van der Waals surface area contributed by atoms with Crippen molar-refractivity contribution < 1.29 is 23.4 Å². The van der Waals surface area contributed by atoms with E-state index in [1.54, 1.807) is 48.5 Å². The number of carbonyl (C=O) groups excluding carboxylic acids is 1. The Labute approximate surface area is 202 Å². The minimum Gasteiger partial charge on any atom is -0.493 e. The normalized spacial score (nSPS) is 14.3. The summed E-state index contributed by atoms with van der Waals surface area (Å²) < 4.78 is 30.8. The Morgan fingerprint density at radius 3 is 2.69 bits per heavy atom. The fraction of sp³-hybridized carbons (Fsp3) is 0.0833. The van der Waals surface area contributed by atoms with Gasteiger partial charge in [0.15, 0.2) is 17.2 Å². The van der Waals surface area contributed by atoms with Gasteiger partial charge in [-0.15, -0.1) is 0 Å². The molecule has 0 saturated carbocycles. The van der Waals surface area contributed by atoms with E-state index in [1.165, 1.54) is 19.2 Å². The molecule has 5 nitrogen and oxygen atoms in total. The van der Waals surface area contributed by atoms with Gasteiger partial charge >= 0.3 is 5.97 Å². The van der Waals surface area contributed by atoms with E-state index in [1.807, 2.05) is 6.07 Å². The highest BCUT2D eigenvalue weighted by atomic mass is 127. The first-order valence-corrected chi connectivity index (χ1v) is 10.9. The molecule has 0 atom stereocenters. The number of ether oxygens (including phenoxy) is 3. The first-order valence-electron chi connectivity index (χ1n) is 9.47. The highest BCUT2D eigenvalue weighted by Crippen LogP contribution is 2.34. The molecular weight excluding hydrogens is 548 g/mol. The van der Waals surface area contributed by atoms with E-state index >= 15 is 0 Å². The number of aliphatic imine (C=N–C) groups is 1. The third-order valence-electron chi connectivity index (χ3n) is 4.60. The molecule has 0 amide bonds. The number of carbonyl (C=O) groups is 1. The number of rotatable bonds is 6. The lowest BCUT2D eigenvalue weighted by Crippen LogP contribution is -2.06. The molecule has 0 fully saturated rings. The first kappa shape index (κ1) is 22.3. The van der Waals surface area contributed by atoms with Gasteiger partial charge in [-0.1, -0.05) is 35.9 Å². The molecule has 1 aliphatic rings. The topological polar surface area (TPSA) is 57.1 Å². The van der Waals surface area contributed by atoms with Gasteiger partial charge in [0.1, 0.15) is 12.4 Å². The molecular formula is C24H16ClFINO4. The van der Waals surface area contributed by atoms with Crippen LogP contribution in [0.15, 0.2) is 71.4 Å². The van der Waals surface area contributed by atoms with Gasteiger partial charge in [0, 0.05) is 9.13 Å². The molecule has 32 heavy (non-hydrogen) atoms. The molecule has 0 bridgehead atoms. The molecule has 0 saturated heterocycles. The lowest BCUT2D eigenvalue weighted by molar-refractivity contribution is -0.129. The molecule has 0 radical (unpaired) electrons. The van der Waals surface area contributed by atoms with Crippen LogP contribution in [0, 0.1) is 9.39 Å². The Morgan fingerprint density at radius 1 is 1.16 bits per heavy atom. The monoisotopic (exact) mass is 563 g/mol. The maximum atomic E-state index is 13.2. The van der Waals surface area contributed by atoms with E-state index in [9.17, 15) is 9.18 Å². The summed E-state index contributed by atoms with van der Waals surface area (Å²) >= 11 is 8.40. The van der Waals surface area contributed by atoms with Crippen LogP contribution in [-0.4, -0.2) is 19.0 Å². The lowest BCUT2D eigenvalue weighted by Gasteiger charge is -2.13. The van der Waals surface area contributed by atoms with Crippen molar-refractivity contribution in [1.82, 2.24) is 0 Å². The number of hydrogen-bond acceptors (Lipinski definition) is 5. The largest absolute Gasteiger partial charge is 0.493 e. The van der Waals surface area contributed by atoms with E-state index in [0.29, 0.717) is 27.6 Å². The van der Waals surface area contributed by atoms with Crippen molar-refractivity contribution in [3.63, 3.8) is 0 Å². The molecule has 1 heterocycles. The fourth-order valence-electron chi connectivity index (χ4n) is 3.03. The summed E-state index contributed by atoms with van der Waals surface area (Å²) in [6.45, 7) is 0.188. The van der Waals surface area contributed by atoms with Crippen molar-refractivity contribution in [3.8, 4) is 11.5 Å². The molecule has 0 aromatic heterocycles. The number of nitrogens with zero attached hydrogens (tertiary/aromatic N) is 1. The molecule has 1 aliphatic heterocycles. The Morgan fingerprint density at radius 2 is 1.94 bits per heavy atom. The second-order valence-electron chi connectivity index (χ2n) is 6.75. The van der Waals surface area contributed by atoms with Gasteiger partial charge in [0.25, 0.3) is 0 Å². The van der Waals surface area contributed by atoms with E-state index < -0.39 is 5.97 Å². The summed E-state index contributed by atoms with van der Waals surface area (Å²) in [4.78, 5) is 16.8. The molecule has 0 unspecified atom stereocenters. The summed E-state index contributed by atoms with van der Waals surface area (Å²) in [6, 6.07) is 16.7. The second-order valence-corrected chi connectivity index (χ2v) is 8.41. The van der Waals surface area contributed by atoms with Crippen molar-refractivity contribution in [2.45, 2.75) is 6.61 Å². The van der Waals surface area contributed by atoms with Gasteiger partial charge in [-0.2, -0.15) is 0 Å². The van der Waals surface area contributed by atoms with Crippen LogP contribution in [0.3, 0.4) is 0 Å². The van der Waals surface area contributed by atoms with Crippen LogP contribution < -0.4 is 9.47 Å². The van der Waals surface area contributed by atoms with Gasteiger partial charge in [-0.25, -0.2) is 14.2 Å². The van der Waals surface area contributed by atoms with Gasteiger partial charge in [-0.05, 0) is 70.6 Å². The van der Waals surface area contributed by atoms with E-state index in [4.69, 9.17) is 25.8 Å². The Balaban J connectivity index is 1.67. The smallest absolute Gasteiger partial charge is 0.363 e. The maximum Gasteiger partial charge on any atom is 0.363 e. The van der Waals surface area contributed by atoms with Gasteiger partial charge in [0.05, 0.1) is 17.7 Å². The van der Waals surface area contributed by atoms with Gasteiger partial charge < -0.3 is 14.2 Å². The molecule has 8 heteroatoms. The Hall–Kier alpha value is -2.91. The minimum absolute atomic E-state index is 0.106. The molecule has 3 aromatic carbocycles. The van der Waals surface area contributed by atoms with Crippen molar-refractivity contribution >= 4 is 52.1 Å². The Bertz CT molecular complexity index is 1240. The maximum absolute atomic E-state index is 13.2. The van der Waals surface area contributed by atoms with Crippen LogP contribution in [0.25, 0.3) is 6.08 Å². The molecule has 3 aromatic rings. The summed E-state index contributed by atoms with van der Waals surface area (Å²) in [6.07, 6.45) is 1.57. The zero-order valence-corrected chi connectivity index (χ0v) is 19.7. The minimum atomic E-state index is -0.595. The van der Waals surface area contributed by atoms with Crippen molar-refractivity contribution in [2.75, 3.05) is 7.11 Å². The number of cyclic esters (lactones) is 1. The number of esters is 1. The van der Waals surface area contributed by atoms with E-state index in [-0.39, 0.29) is 24.0 Å². The molecule has 4 rings (SSSR count). The number of halogens is 3. The number of hydrogen-bond donors (Lipinski definition) is 0. The molecule has 0 N–H and O–H groups in total. The lowest BCUT2D eigenvalue weighted by atomic mass is 10.1. The average molecular weight is 564 g/mol. The molecule has 162 valence electrons. The standard InChI is InChI=1S/C24H16ClFINO4/c1-30-21-4-2-3-15(22(21)31-13-14-5-7-16(26)8-6-14)11-20-24(29)32-23(28-20)18-12-17(27)9-10-19(18)25/h2-12H,13H2,1H3/b20-11-. The second kappa shape index (κ2) is 9.70. The summed E-state index contributed by atoms with van der Waals surface area (Å²) in [5.41, 5.74) is 2.01. The third-order valence-corrected chi connectivity index (χ3v) is 5.60. The van der Waals surface area contributed by atoms with Crippen molar-refractivity contribution in [1.29, 1.82) is 0 Å². The van der Waals surface area contributed by atoms with Crippen LogP contribution in [-0.2, 0) is 16.1 Å². The predicted octanol–water partition coefficient (Wildman–Crippen LogP) is 6.02. The SMILES string of the molecule is COc1cccc(/C=C2\N=C(c3cc(I)ccc3Cl)OC2=O)c1OCc1ccc(F)cc1. The highest BCUT2D eigenvalue weighted by molar-refractivity contribution is 14.1. The van der Waals surface area contributed by atoms with Crippen molar-refractivity contribution in [3.05, 3.63) is 97.5 Å².